The number of carbonyl (C=O) groups is 2. The molecule has 104 valence electrons. The lowest BCUT2D eigenvalue weighted by molar-refractivity contribution is -0.139. The Morgan fingerprint density at radius 3 is 2.50 bits per heavy atom. The quantitative estimate of drug-likeness (QED) is 0.588. The Morgan fingerprint density at radius 1 is 1.39 bits per heavy atom. The van der Waals surface area contributed by atoms with Crippen LogP contribution >= 0.6 is 0 Å². The largest absolute Gasteiger partial charge is 0.481 e. The molecule has 0 heterocycles. The van der Waals surface area contributed by atoms with Crippen LogP contribution in [0.2, 0.25) is 0 Å². The molecule has 1 saturated carbocycles. The van der Waals surface area contributed by atoms with E-state index >= 15 is 0 Å². The van der Waals surface area contributed by atoms with Gasteiger partial charge in [-0.25, -0.2) is 4.79 Å². The molecule has 1 fully saturated rings. The molecule has 3 N–H and O–H groups in total. The van der Waals surface area contributed by atoms with Gasteiger partial charge < -0.3 is 15.7 Å². The van der Waals surface area contributed by atoms with Crippen molar-refractivity contribution in [1.29, 1.82) is 0 Å². The Labute approximate surface area is 109 Å². The minimum atomic E-state index is -0.892. The summed E-state index contributed by atoms with van der Waals surface area (Å²) in [4.78, 5) is 22.3. The zero-order valence-corrected chi connectivity index (χ0v) is 11.3. The Morgan fingerprint density at radius 2 is 2.06 bits per heavy atom. The summed E-state index contributed by atoms with van der Waals surface area (Å²) in [5.74, 6) is -0.336. The molecule has 0 aromatic carbocycles. The Bertz CT molecular complexity index is 342. The normalized spacial score (nSPS) is 18.5. The number of carboxylic acids is 1. The maximum Gasteiger partial charge on any atom is 0.315 e. The van der Waals surface area contributed by atoms with Crippen LogP contribution in [0.15, 0.2) is 0 Å². The number of amides is 2. The summed E-state index contributed by atoms with van der Waals surface area (Å²) in [7, 11) is -0.847. The molecule has 0 aromatic heterocycles. The summed E-state index contributed by atoms with van der Waals surface area (Å²) in [5, 5.41) is 14.2. The van der Waals surface area contributed by atoms with Gasteiger partial charge in [0.2, 0.25) is 0 Å². The fraction of sp³-hybridized carbons (Fsp3) is 0.818. The first-order valence-corrected chi connectivity index (χ1v) is 7.74. The number of rotatable bonds is 7. The third-order valence-corrected chi connectivity index (χ3v) is 3.94. The number of hydrogen-bond donors (Lipinski definition) is 3. The van der Waals surface area contributed by atoms with Crippen molar-refractivity contribution >= 4 is 22.8 Å². The van der Waals surface area contributed by atoms with Crippen LogP contribution in [-0.4, -0.2) is 45.4 Å². The molecule has 18 heavy (non-hydrogen) atoms. The second-order valence-corrected chi connectivity index (χ2v) is 6.27. The number of carboxylic acid groups (broad SMARTS) is 1. The molecule has 0 spiro atoms. The van der Waals surface area contributed by atoms with Gasteiger partial charge in [-0.05, 0) is 25.7 Å². The maximum absolute atomic E-state index is 11.6. The summed E-state index contributed by atoms with van der Waals surface area (Å²) < 4.78 is 10.8. The van der Waals surface area contributed by atoms with Crippen LogP contribution in [0.3, 0.4) is 0 Å². The van der Waals surface area contributed by atoms with E-state index in [1.54, 1.807) is 6.26 Å². The summed E-state index contributed by atoms with van der Waals surface area (Å²) >= 11 is 0. The van der Waals surface area contributed by atoms with E-state index in [0.29, 0.717) is 31.6 Å². The molecule has 0 aliphatic heterocycles. The predicted octanol–water partition coefficient (Wildman–Crippen LogP) is 0.452. The van der Waals surface area contributed by atoms with Gasteiger partial charge in [-0.3, -0.25) is 9.00 Å². The SMILES string of the molecule is CS(=O)CCCNC(=O)NC1(CC(=O)O)CCC1. The van der Waals surface area contributed by atoms with Crippen LogP contribution in [0, 0.1) is 0 Å². The number of urea groups is 1. The molecule has 1 rings (SSSR count). The van der Waals surface area contributed by atoms with Crippen LogP contribution < -0.4 is 10.6 Å². The van der Waals surface area contributed by atoms with Crippen molar-refractivity contribution in [2.45, 2.75) is 37.6 Å². The Balaban J connectivity index is 2.25. The molecule has 1 atom stereocenters. The molecule has 2 amide bonds. The third kappa shape index (κ3) is 5.03. The fourth-order valence-corrected chi connectivity index (χ4v) is 2.55. The first kappa shape index (κ1) is 14.9. The van der Waals surface area contributed by atoms with Gasteiger partial charge >= 0.3 is 12.0 Å². The highest BCUT2D eigenvalue weighted by molar-refractivity contribution is 7.84. The molecule has 0 aromatic rings. The van der Waals surface area contributed by atoms with Gasteiger partial charge in [-0.2, -0.15) is 0 Å². The standard InChI is InChI=1S/C11H20N2O4S/c1-18(17)7-3-6-12-10(16)13-11(4-2-5-11)8-9(14)15/h2-8H2,1H3,(H,14,15)(H2,12,13,16). The van der Waals surface area contributed by atoms with Crippen LogP contribution in [0.25, 0.3) is 0 Å². The molecule has 1 aliphatic rings. The van der Waals surface area contributed by atoms with Crippen molar-refractivity contribution < 1.29 is 18.9 Å². The number of hydrogen-bond acceptors (Lipinski definition) is 3. The van der Waals surface area contributed by atoms with Gasteiger partial charge in [0.05, 0.1) is 12.0 Å². The van der Waals surface area contributed by atoms with Crippen LogP contribution in [-0.2, 0) is 15.6 Å². The molecule has 7 heteroatoms. The molecule has 0 bridgehead atoms. The lowest BCUT2D eigenvalue weighted by Gasteiger charge is -2.41. The maximum atomic E-state index is 11.6. The fourth-order valence-electron chi connectivity index (χ4n) is 2.00. The molecular formula is C11H20N2O4S. The molecule has 0 saturated heterocycles. The number of aliphatic carboxylic acids is 1. The highest BCUT2D eigenvalue weighted by atomic mass is 32.2. The predicted molar refractivity (Wildman–Crippen MR) is 68.9 cm³/mol. The average Bonchev–Trinajstić information content (AvgIpc) is 2.20. The number of carbonyl (C=O) groups excluding carboxylic acids is 1. The first-order chi connectivity index (χ1) is 8.43. The van der Waals surface area contributed by atoms with Gasteiger partial charge in [-0.1, -0.05) is 0 Å². The van der Waals surface area contributed by atoms with Gasteiger partial charge in [0, 0.05) is 29.4 Å². The molecule has 1 unspecified atom stereocenters. The van der Waals surface area contributed by atoms with Crippen molar-refractivity contribution in [3.8, 4) is 0 Å². The lowest BCUT2D eigenvalue weighted by Crippen LogP contribution is -2.57. The molecule has 6 nitrogen and oxygen atoms in total. The molecule has 1 aliphatic carbocycles. The second-order valence-electron chi connectivity index (χ2n) is 4.72. The average molecular weight is 276 g/mol. The van der Waals surface area contributed by atoms with Crippen molar-refractivity contribution in [3.05, 3.63) is 0 Å². The Hall–Kier alpha value is -1.11. The summed E-state index contributed by atoms with van der Waals surface area (Å²) in [6, 6.07) is -0.335. The van der Waals surface area contributed by atoms with E-state index in [1.165, 1.54) is 0 Å². The van der Waals surface area contributed by atoms with Gasteiger partial charge in [0.25, 0.3) is 0 Å². The highest BCUT2D eigenvalue weighted by Gasteiger charge is 2.40. The van der Waals surface area contributed by atoms with E-state index in [2.05, 4.69) is 10.6 Å². The van der Waals surface area contributed by atoms with Crippen molar-refractivity contribution in [3.63, 3.8) is 0 Å². The summed E-state index contributed by atoms with van der Waals surface area (Å²) in [6.45, 7) is 0.453. The van der Waals surface area contributed by atoms with Crippen molar-refractivity contribution in [2.24, 2.45) is 0 Å². The summed E-state index contributed by atoms with van der Waals surface area (Å²) in [5.41, 5.74) is -0.566. The lowest BCUT2D eigenvalue weighted by atomic mass is 9.74. The zero-order chi connectivity index (χ0) is 13.6. The number of nitrogens with one attached hydrogen (secondary N) is 2. The van der Waals surface area contributed by atoms with Crippen LogP contribution in [0.5, 0.6) is 0 Å². The van der Waals surface area contributed by atoms with Gasteiger partial charge in [0.1, 0.15) is 0 Å². The minimum absolute atomic E-state index is 0.0284. The zero-order valence-electron chi connectivity index (χ0n) is 10.5. The third-order valence-electron chi connectivity index (χ3n) is 3.07. The molecular weight excluding hydrogens is 256 g/mol. The van der Waals surface area contributed by atoms with E-state index in [-0.39, 0.29) is 12.5 Å². The van der Waals surface area contributed by atoms with E-state index in [9.17, 15) is 13.8 Å². The van der Waals surface area contributed by atoms with Gasteiger partial charge in [0.15, 0.2) is 0 Å². The first-order valence-electron chi connectivity index (χ1n) is 6.01. The van der Waals surface area contributed by atoms with Gasteiger partial charge in [-0.15, -0.1) is 0 Å². The monoisotopic (exact) mass is 276 g/mol. The van der Waals surface area contributed by atoms with E-state index in [4.69, 9.17) is 5.11 Å². The topological polar surface area (TPSA) is 95.5 Å². The van der Waals surface area contributed by atoms with E-state index in [1.807, 2.05) is 0 Å². The smallest absolute Gasteiger partial charge is 0.315 e. The Kier molecular flexibility index (Phi) is 5.58. The van der Waals surface area contributed by atoms with Crippen LogP contribution in [0.4, 0.5) is 4.79 Å². The van der Waals surface area contributed by atoms with Crippen molar-refractivity contribution in [1.82, 2.24) is 10.6 Å². The minimum Gasteiger partial charge on any atom is -0.481 e. The van der Waals surface area contributed by atoms with Crippen LogP contribution in [0.1, 0.15) is 32.1 Å². The molecule has 0 radical (unpaired) electrons. The van der Waals surface area contributed by atoms with E-state index in [0.717, 1.165) is 6.42 Å². The summed E-state index contributed by atoms with van der Waals surface area (Å²) in [6.07, 6.45) is 4.62. The second kappa shape index (κ2) is 6.72. The highest BCUT2D eigenvalue weighted by Crippen LogP contribution is 2.34. The van der Waals surface area contributed by atoms with Crippen molar-refractivity contribution in [2.75, 3.05) is 18.6 Å². The van der Waals surface area contributed by atoms with E-state index < -0.39 is 22.3 Å².